The molecule has 1 fully saturated rings. The third-order valence-corrected chi connectivity index (χ3v) is 3.99. The summed E-state index contributed by atoms with van der Waals surface area (Å²) in [5.41, 5.74) is 7.33. The van der Waals surface area contributed by atoms with Crippen LogP contribution < -0.4 is 5.73 Å². The van der Waals surface area contributed by atoms with E-state index in [2.05, 4.69) is 0 Å². The molecule has 1 aromatic rings. The van der Waals surface area contributed by atoms with Crippen LogP contribution in [0.1, 0.15) is 25.8 Å². The number of halogens is 1. The van der Waals surface area contributed by atoms with Gasteiger partial charge in [-0.05, 0) is 24.1 Å². The zero-order chi connectivity index (χ0) is 16.1. The number of anilines is 1. The fourth-order valence-corrected chi connectivity index (χ4v) is 2.67. The summed E-state index contributed by atoms with van der Waals surface area (Å²) in [5.74, 6) is 0.300. The third-order valence-electron chi connectivity index (χ3n) is 3.99. The van der Waals surface area contributed by atoms with Gasteiger partial charge in [-0.1, -0.05) is 26.0 Å². The Morgan fingerprint density at radius 1 is 1.04 bits per heavy atom. The molecule has 0 atom stereocenters. The van der Waals surface area contributed by atoms with Gasteiger partial charge in [0, 0.05) is 37.8 Å². The fraction of sp³-hybridized carbons (Fsp3) is 0.529. The molecule has 1 saturated heterocycles. The lowest BCUT2D eigenvalue weighted by Crippen LogP contribution is -2.39. The normalized spacial score (nSPS) is 15.1. The Bertz CT molecular complexity index is 531. The van der Waals surface area contributed by atoms with Crippen LogP contribution in [0.25, 0.3) is 0 Å². The van der Waals surface area contributed by atoms with Crippen LogP contribution in [-0.2, 0) is 16.0 Å². The second kappa shape index (κ2) is 8.77. The summed E-state index contributed by atoms with van der Waals surface area (Å²) in [6.07, 6.45) is 1.23. The molecule has 0 spiro atoms. The minimum absolute atomic E-state index is 0. The van der Waals surface area contributed by atoms with Gasteiger partial charge in [0.1, 0.15) is 0 Å². The predicted molar refractivity (Wildman–Crippen MR) is 94.4 cm³/mol. The second-order valence-electron chi connectivity index (χ2n) is 6.13. The maximum atomic E-state index is 12.4. The SMILES string of the molecule is CC(C)C(=O)N1CCCN(C(=O)Cc2ccc(N)cc2)CC1.Cl. The van der Waals surface area contributed by atoms with Crippen LogP contribution in [0.3, 0.4) is 0 Å². The first-order valence-electron chi connectivity index (χ1n) is 7.88. The highest BCUT2D eigenvalue weighted by molar-refractivity contribution is 5.85. The number of carbonyl (C=O) groups excluding carboxylic acids is 2. The Labute approximate surface area is 144 Å². The number of hydrogen-bond acceptors (Lipinski definition) is 3. The van der Waals surface area contributed by atoms with Gasteiger partial charge in [0.05, 0.1) is 6.42 Å². The Morgan fingerprint density at radius 2 is 1.61 bits per heavy atom. The van der Waals surface area contributed by atoms with Crippen LogP contribution in [0.4, 0.5) is 5.69 Å². The molecule has 2 rings (SSSR count). The van der Waals surface area contributed by atoms with Crippen molar-refractivity contribution in [3.05, 3.63) is 29.8 Å². The number of rotatable bonds is 3. The van der Waals surface area contributed by atoms with Crippen molar-refractivity contribution in [3.63, 3.8) is 0 Å². The first-order chi connectivity index (χ1) is 10.5. The molecule has 1 aliphatic rings. The molecule has 0 radical (unpaired) electrons. The summed E-state index contributed by atoms with van der Waals surface area (Å²) in [6.45, 7) is 6.53. The number of nitrogens with zero attached hydrogens (tertiary/aromatic N) is 2. The van der Waals surface area contributed by atoms with Gasteiger partial charge in [0.15, 0.2) is 0 Å². The average molecular weight is 340 g/mol. The van der Waals surface area contributed by atoms with Crippen LogP contribution in [0, 0.1) is 5.92 Å². The van der Waals surface area contributed by atoms with E-state index in [0.717, 1.165) is 25.1 Å². The summed E-state index contributed by atoms with van der Waals surface area (Å²) < 4.78 is 0. The van der Waals surface area contributed by atoms with Crippen LogP contribution >= 0.6 is 12.4 Å². The molecule has 6 heteroatoms. The van der Waals surface area contributed by atoms with Gasteiger partial charge in [-0.25, -0.2) is 0 Å². The van der Waals surface area contributed by atoms with Crippen molar-refractivity contribution < 1.29 is 9.59 Å². The summed E-state index contributed by atoms with van der Waals surface area (Å²) in [4.78, 5) is 28.2. The summed E-state index contributed by atoms with van der Waals surface area (Å²) in [7, 11) is 0. The molecule has 0 unspecified atom stereocenters. The Morgan fingerprint density at radius 3 is 2.22 bits per heavy atom. The highest BCUT2D eigenvalue weighted by Gasteiger charge is 2.23. The molecular weight excluding hydrogens is 314 g/mol. The minimum Gasteiger partial charge on any atom is -0.399 e. The lowest BCUT2D eigenvalue weighted by molar-refractivity contribution is -0.135. The highest BCUT2D eigenvalue weighted by atomic mass is 35.5. The maximum Gasteiger partial charge on any atom is 0.227 e. The largest absolute Gasteiger partial charge is 0.399 e. The molecule has 0 aromatic heterocycles. The predicted octanol–water partition coefficient (Wildman–Crippen LogP) is 1.95. The van der Waals surface area contributed by atoms with E-state index < -0.39 is 0 Å². The quantitative estimate of drug-likeness (QED) is 0.856. The van der Waals surface area contributed by atoms with Gasteiger partial charge in [-0.3, -0.25) is 9.59 Å². The molecule has 5 nitrogen and oxygen atoms in total. The van der Waals surface area contributed by atoms with Gasteiger partial charge in [-0.15, -0.1) is 12.4 Å². The fourth-order valence-electron chi connectivity index (χ4n) is 2.67. The average Bonchev–Trinajstić information content (AvgIpc) is 2.74. The second-order valence-corrected chi connectivity index (χ2v) is 6.13. The number of nitrogen functional groups attached to an aromatic ring is 1. The van der Waals surface area contributed by atoms with Crippen LogP contribution in [0.5, 0.6) is 0 Å². The number of amides is 2. The van der Waals surface area contributed by atoms with E-state index in [-0.39, 0.29) is 30.1 Å². The summed E-state index contributed by atoms with van der Waals surface area (Å²) >= 11 is 0. The molecule has 0 bridgehead atoms. The van der Waals surface area contributed by atoms with Gasteiger partial charge in [-0.2, -0.15) is 0 Å². The van der Waals surface area contributed by atoms with Gasteiger partial charge >= 0.3 is 0 Å². The first kappa shape index (κ1) is 19.3. The summed E-state index contributed by atoms with van der Waals surface area (Å²) in [6, 6.07) is 7.40. The number of hydrogen-bond donors (Lipinski definition) is 1. The van der Waals surface area contributed by atoms with E-state index in [0.29, 0.717) is 25.2 Å². The highest BCUT2D eigenvalue weighted by Crippen LogP contribution is 2.11. The summed E-state index contributed by atoms with van der Waals surface area (Å²) in [5, 5.41) is 0. The van der Waals surface area contributed by atoms with E-state index >= 15 is 0 Å². The topological polar surface area (TPSA) is 66.6 Å². The van der Waals surface area contributed by atoms with Gasteiger partial charge in [0.25, 0.3) is 0 Å². The van der Waals surface area contributed by atoms with Gasteiger partial charge < -0.3 is 15.5 Å². The van der Waals surface area contributed by atoms with Crippen molar-refractivity contribution in [2.75, 3.05) is 31.9 Å². The van der Waals surface area contributed by atoms with E-state index in [9.17, 15) is 9.59 Å². The zero-order valence-electron chi connectivity index (χ0n) is 13.8. The molecule has 0 saturated carbocycles. The lowest BCUT2D eigenvalue weighted by Gasteiger charge is -2.23. The Balaban J connectivity index is 0.00000264. The minimum atomic E-state index is 0. The Hall–Kier alpha value is -1.75. The van der Waals surface area contributed by atoms with E-state index in [1.807, 2.05) is 47.9 Å². The smallest absolute Gasteiger partial charge is 0.227 e. The van der Waals surface area contributed by atoms with E-state index in [4.69, 9.17) is 5.73 Å². The lowest BCUT2D eigenvalue weighted by atomic mass is 10.1. The maximum absolute atomic E-state index is 12.4. The van der Waals surface area contributed by atoms with Crippen molar-refractivity contribution >= 4 is 29.9 Å². The molecule has 2 N–H and O–H groups in total. The van der Waals surface area contributed by atoms with Crippen molar-refractivity contribution in [2.24, 2.45) is 5.92 Å². The van der Waals surface area contributed by atoms with Crippen molar-refractivity contribution in [1.29, 1.82) is 0 Å². The number of benzene rings is 1. The number of nitrogens with two attached hydrogens (primary N) is 1. The molecule has 128 valence electrons. The van der Waals surface area contributed by atoms with Crippen molar-refractivity contribution in [2.45, 2.75) is 26.7 Å². The Kier molecular flexibility index (Phi) is 7.36. The van der Waals surface area contributed by atoms with E-state index in [1.54, 1.807) is 0 Å². The van der Waals surface area contributed by atoms with Crippen molar-refractivity contribution in [3.8, 4) is 0 Å². The monoisotopic (exact) mass is 339 g/mol. The molecule has 1 aromatic carbocycles. The van der Waals surface area contributed by atoms with Crippen molar-refractivity contribution in [1.82, 2.24) is 9.80 Å². The first-order valence-corrected chi connectivity index (χ1v) is 7.88. The molecule has 0 aliphatic carbocycles. The molecule has 1 aliphatic heterocycles. The van der Waals surface area contributed by atoms with E-state index in [1.165, 1.54) is 0 Å². The third kappa shape index (κ3) is 5.43. The number of carbonyl (C=O) groups is 2. The zero-order valence-corrected chi connectivity index (χ0v) is 14.6. The van der Waals surface area contributed by atoms with Crippen LogP contribution in [-0.4, -0.2) is 47.8 Å². The van der Waals surface area contributed by atoms with Crippen LogP contribution in [0.15, 0.2) is 24.3 Å². The molecule has 1 heterocycles. The molecule has 23 heavy (non-hydrogen) atoms. The standard InChI is InChI=1S/C17H25N3O2.ClH/c1-13(2)17(22)20-9-3-8-19(10-11-20)16(21)12-14-4-6-15(18)7-5-14;/h4-7,13H,3,8-12,18H2,1-2H3;1H. The molecular formula is C17H26ClN3O2. The van der Waals surface area contributed by atoms with Crippen LogP contribution in [0.2, 0.25) is 0 Å². The van der Waals surface area contributed by atoms with Gasteiger partial charge in [0.2, 0.25) is 11.8 Å². The molecule has 2 amide bonds.